The average molecular weight is 403 g/mol. The number of amides is 2. The zero-order chi connectivity index (χ0) is 19.4. The van der Waals surface area contributed by atoms with E-state index in [1.165, 1.54) is 23.5 Å². The Labute approximate surface area is 164 Å². The molecule has 140 valence electrons. The van der Waals surface area contributed by atoms with Gasteiger partial charge in [-0.15, -0.1) is 22.0 Å². The summed E-state index contributed by atoms with van der Waals surface area (Å²) in [5.41, 5.74) is 7.66. The molecular formula is C17H18N6O2S2. The molecule has 10 heteroatoms. The van der Waals surface area contributed by atoms with E-state index >= 15 is 0 Å². The lowest BCUT2D eigenvalue weighted by molar-refractivity contribution is -0.115. The summed E-state index contributed by atoms with van der Waals surface area (Å²) in [4.78, 5) is 28.5. The summed E-state index contributed by atoms with van der Waals surface area (Å²) < 4.78 is 1.82. The second kappa shape index (κ2) is 8.40. The van der Waals surface area contributed by atoms with Gasteiger partial charge in [0.1, 0.15) is 0 Å². The van der Waals surface area contributed by atoms with E-state index in [4.69, 9.17) is 5.73 Å². The molecule has 2 heterocycles. The number of carbonyl (C=O) groups excluding carboxylic acids is 2. The summed E-state index contributed by atoms with van der Waals surface area (Å²) in [5.74, 6) is 0.252. The first-order valence-electron chi connectivity index (χ1n) is 8.06. The van der Waals surface area contributed by atoms with Gasteiger partial charge in [0.25, 0.3) is 5.78 Å². The molecule has 3 aromatic rings. The van der Waals surface area contributed by atoms with Gasteiger partial charge in [0.15, 0.2) is 5.16 Å². The molecular weight excluding hydrogens is 384 g/mol. The number of nitrogens with one attached hydrogen (secondary N) is 1. The van der Waals surface area contributed by atoms with E-state index in [2.05, 4.69) is 20.5 Å². The van der Waals surface area contributed by atoms with Gasteiger partial charge in [-0.3, -0.25) is 14.0 Å². The Kier molecular flexibility index (Phi) is 5.97. The molecule has 3 N–H and O–H groups in total. The van der Waals surface area contributed by atoms with E-state index < -0.39 is 5.91 Å². The van der Waals surface area contributed by atoms with E-state index in [1.807, 2.05) is 42.5 Å². The molecule has 0 aliphatic rings. The molecule has 0 fully saturated rings. The molecule has 0 bridgehead atoms. The summed E-state index contributed by atoms with van der Waals surface area (Å²) >= 11 is 2.57. The Bertz CT molecular complexity index is 1000. The number of para-hydroxylation sites is 1. The molecule has 8 nitrogen and oxygen atoms in total. The quantitative estimate of drug-likeness (QED) is 0.581. The monoisotopic (exact) mass is 402 g/mol. The summed E-state index contributed by atoms with van der Waals surface area (Å²) in [6, 6.07) is 9.22. The molecule has 0 spiro atoms. The number of hydrogen-bond donors (Lipinski definition) is 2. The van der Waals surface area contributed by atoms with Gasteiger partial charge in [-0.05, 0) is 32.0 Å². The lowest BCUT2D eigenvalue weighted by atomic mass is 10.3. The Morgan fingerprint density at radius 3 is 2.70 bits per heavy atom. The topological polar surface area (TPSA) is 115 Å². The van der Waals surface area contributed by atoms with Crippen molar-refractivity contribution in [3.05, 3.63) is 41.7 Å². The number of anilines is 1. The van der Waals surface area contributed by atoms with Gasteiger partial charge in [0, 0.05) is 16.3 Å². The number of rotatable bonds is 7. The number of nitrogens with two attached hydrogens (primary N) is 1. The first-order chi connectivity index (χ1) is 12.9. The molecule has 0 aliphatic carbocycles. The van der Waals surface area contributed by atoms with Gasteiger partial charge in [-0.1, -0.05) is 23.9 Å². The van der Waals surface area contributed by atoms with Crippen LogP contribution in [0.15, 0.2) is 40.4 Å². The molecule has 3 rings (SSSR count). The minimum atomic E-state index is -0.408. The van der Waals surface area contributed by atoms with Gasteiger partial charge in [0.2, 0.25) is 11.8 Å². The third kappa shape index (κ3) is 4.77. The van der Waals surface area contributed by atoms with Crippen molar-refractivity contribution in [1.82, 2.24) is 19.6 Å². The van der Waals surface area contributed by atoms with Crippen molar-refractivity contribution in [3.63, 3.8) is 0 Å². The normalized spacial score (nSPS) is 10.9. The van der Waals surface area contributed by atoms with Gasteiger partial charge in [-0.25, -0.2) is 4.98 Å². The number of hydrogen-bond acceptors (Lipinski definition) is 7. The number of carbonyl (C=O) groups is 2. The van der Waals surface area contributed by atoms with Crippen LogP contribution in [-0.4, -0.2) is 42.9 Å². The fourth-order valence-corrected chi connectivity index (χ4v) is 3.99. The van der Waals surface area contributed by atoms with Crippen molar-refractivity contribution in [2.75, 3.05) is 16.8 Å². The Hall–Kier alpha value is -2.59. The van der Waals surface area contributed by atoms with Crippen molar-refractivity contribution in [3.8, 4) is 0 Å². The van der Waals surface area contributed by atoms with Crippen molar-refractivity contribution in [2.24, 2.45) is 5.73 Å². The first kappa shape index (κ1) is 19.2. The SMILES string of the molecule is Cc1cc(C)n2c(SCC(=O)Nc3ccccc3SCC(N)=O)nnc2n1. The van der Waals surface area contributed by atoms with Gasteiger partial charge in [0.05, 0.1) is 17.2 Å². The highest BCUT2D eigenvalue weighted by atomic mass is 32.2. The number of aryl methyl sites for hydroxylation is 2. The fraction of sp³-hybridized carbons (Fsp3) is 0.235. The highest BCUT2D eigenvalue weighted by molar-refractivity contribution is 8.00. The lowest BCUT2D eigenvalue weighted by Crippen LogP contribution is -2.16. The standard InChI is InChI=1S/C17H18N6O2S2/c1-10-7-11(2)23-16(19-10)21-22-17(23)27-9-15(25)20-12-5-3-4-6-13(12)26-8-14(18)24/h3-7H,8-9H2,1-2H3,(H2,18,24)(H,20,25). The first-order valence-corrected chi connectivity index (χ1v) is 10.0. The number of thioether (sulfide) groups is 2. The molecule has 0 atom stereocenters. The third-order valence-electron chi connectivity index (χ3n) is 3.53. The van der Waals surface area contributed by atoms with Gasteiger partial charge in [-0.2, -0.15) is 0 Å². The summed E-state index contributed by atoms with van der Waals surface area (Å²) in [6.45, 7) is 3.84. The Morgan fingerprint density at radius 1 is 1.15 bits per heavy atom. The highest BCUT2D eigenvalue weighted by Crippen LogP contribution is 2.27. The molecule has 0 saturated heterocycles. The lowest BCUT2D eigenvalue weighted by Gasteiger charge is -2.10. The van der Waals surface area contributed by atoms with Crippen LogP contribution in [0, 0.1) is 13.8 Å². The molecule has 0 aliphatic heterocycles. The molecule has 27 heavy (non-hydrogen) atoms. The van der Waals surface area contributed by atoms with Crippen molar-refractivity contribution in [2.45, 2.75) is 23.9 Å². The predicted octanol–water partition coefficient (Wildman–Crippen LogP) is 2.05. The maximum atomic E-state index is 12.4. The van der Waals surface area contributed by atoms with E-state index in [0.717, 1.165) is 16.3 Å². The van der Waals surface area contributed by atoms with Crippen LogP contribution in [0.4, 0.5) is 5.69 Å². The summed E-state index contributed by atoms with van der Waals surface area (Å²) in [7, 11) is 0. The number of benzene rings is 1. The van der Waals surface area contributed by atoms with Crippen molar-refractivity contribution < 1.29 is 9.59 Å². The second-order valence-electron chi connectivity index (χ2n) is 5.74. The number of aromatic nitrogens is 4. The van der Waals surface area contributed by atoms with Crippen molar-refractivity contribution >= 4 is 46.8 Å². The second-order valence-corrected chi connectivity index (χ2v) is 7.70. The predicted molar refractivity (Wildman–Crippen MR) is 106 cm³/mol. The Morgan fingerprint density at radius 2 is 1.93 bits per heavy atom. The van der Waals surface area contributed by atoms with Crippen LogP contribution in [0.5, 0.6) is 0 Å². The van der Waals surface area contributed by atoms with Crippen LogP contribution in [-0.2, 0) is 9.59 Å². The number of fused-ring (bicyclic) bond motifs is 1. The minimum absolute atomic E-state index is 0.152. The summed E-state index contributed by atoms with van der Waals surface area (Å²) in [6.07, 6.45) is 0. The third-order valence-corrected chi connectivity index (χ3v) is 5.55. The zero-order valence-corrected chi connectivity index (χ0v) is 16.4. The zero-order valence-electron chi connectivity index (χ0n) is 14.8. The maximum Gasteiger partial charge on any atom is 0.256 e. The van der Waals surface area contributed by atoms with Crippen LogP contribution in [0.1, 0.15) is 11.4 Å². The van der Waals surface area contributed by atoms with Crippen LogP contribution < -0.4 is 11.1 Å². The van der Waals surface area contributed by atoms with Crippen molar-refractivity contribution in [1.29, 1.82) is 0 Å². The molecule has 2 aromatic heterocycles. The molecule has 0 unspecified atom stereocenters. The minimum Gasteiger partial charge on any atom is -0.369 e. The van der Waals surface area contributed by atoms with E-state index in [-0.39, 0.29) is 17.4 Å². The van der Waals surface area contributed by atoms with E-state index in [1.54, 1.807) is 6.07 Å². The average Bonchev–Trinajstić information content (AvgIpc) is 3.02. The largest absolute Gasteiger partial charge is 0.369 e. The number of nitrogens with zero attached hydrogens (tertiary/aromatic N) is 4. The van der Waals surface area contributed by atoms with Crippen LogP contribution >= 0.6 is 23.5 Å². The molecule has 0 saturated carbocycles. The van der Waals surface area contributed by atoms with Crippen LogP contribution in [0.2, 0.25) is 0 Å². The highest BCUT2D eigenvalue weighted by Gasteiger charge is 2.13. The summed E-state index contributed by atoms with van der Waals surface area (Å²) in [5, 5.41) is 11.7. The fourth-order valence-electron chi connectivity index (χ4n) is 2.45. The smallest absolute Gasteiger partial charge is 0.256 e. The molecule has 0 radical (unpaired) electrons. The maximum absolute atomic E-state index is 12.4. The molecule has 1 aromatic carbocycles. The number of primary amides is 1. The Balaban J connectivity index is 1.67. The van der Waals surface area contributed by atoms with Gasteiger partial charge >= 0.3 is 0 Å². The van der Waals surface area contributed by atoms with E-state index in [0.29, 0.717) is 16.6 Å². The van der Waals surface area contributed by atoms with Gasteiger partial charge < -0.3 is 11.1 Å². The van der Waals surface area contributed by atoms with Crippen LogP contribution in [0.25, 0.3) is 5.78 Å². The van der Waals surface area contributed by atoms with Crippen LogP contribution in [0.3, 0.4) is 0 Å². The molecule has 2 amide bonds. The van der Waals surface area contributed by atoms with E-state index in [9.17, 15) is 9.59 Å².